The molecule has 2 rings (SSSR count). The maximum absolute atomic E-state index is 13.7. The van der Waals surface area contributed by atoms with Gasteiger partial charge < -0.3 is 11.1 Å². The first kappa shape index (κ1) is 16.4. The fourth-order valence-electron chi connectivity index (χ4n) is 2.42. The molecule has 1 aromatic rings. The van der Waals surface area contributed by atoms with Crippen molar-refractivity contribution in [3.8, 4) is 0 Å². The van der Waals surface area contributed by atoms with E-state index in [-0.39, 0.29) is 24.0 Å². The van der Waals surface area contributed by atoms with Gasteiger partial charge in [0.25, 0.3) is 0 Å². The van der Waals surface area contributed by atoms with E-state index >= 15 is 0 Å². The molecule has 106 valence electrons. The van der Waals surface area contributed by atoms with Gasteiger partial charge in [0.15, 0.2) is 0 Å². The molecule has 1 aliphatic carbocycles. The first-order valence-corrected chi connectivity index (χ1v) is 6.83. The summed E-state index contributed by atoms with van der Waals surface area (Å²) < 4.78 is 14.3. The smallest absolute Gasteiger partial charge is 0.231 e. The van der Waals surface area contributed by atoms with Crippen molar-refractivity contribution in [2.45, 2.75) is 25.7 Å². The molecule has 0 heterocycles. The molecule has 1 aromatic carbocycles. The second kappa shape index (κ2) is 6.68. The highest BCUT2D eigenvalue weighted by Gasteiger charge is 2.39. The number of carbonyl (C=O) groups excluding carboxylic acids is 1. The molecule has 0 spiro atoms. The normalized spacial score (nSPS) is 16.8. The fraction of sp³-hybridized carbons (Fsp3) is 0.462. The third-order valence-corrected chi connectivity index (χ3v) is 4.11. The minimum Gasteiger partial charge on any atom is -0.329 e. The minimum absolute atomic E-state index is 0. The average Bonchev–Trinajstić information content (AvgIpc) is 2.82. The van der Waals surface area contributed by atoms with Crippen molar-refractivity contribution in [1.29, 1.82) is 0 Å². The van der Waals surface area contributed by atoms with Gasteiger partial charge in [-0.1, -0.05) is 28.8 Å². The van der Waals surface area contributed by atoms with E-state index in [4.69, 9.17) is 5.73 Å². The predicted molar refractivity (Wildman–Crippen MR) is 79.9 cm³/mol. The van der Waals surface area contributed by atoms with E-state index in [1.807, 2.05) is 0 Å². The van der Waals surface area contributed by atoms with E-state index < -0.39 is 11.2 Å². The average molecular weight is 352 g/mol. The van der Waals surface area contributed by atoms with Crippen molar-refractivity contribution < 1.29 is 9.18 Å². The molecule has 19 heavy (non-hydrogen) atoms. The van der Waals surface area contributed by atoms with Crippen molar-refractivity contribution in [3.05, 3.63) is 28.5 Å². The van der Waals surface area contributed by atoms with Gasteiger partial charge >= 0.3 is 0 Å². The summed E-state index contributed by atoms with van der Waals surface area (Å²) in [5.41, 5.74) is 5.42. The molecule has 1 aliphatic rings. The number of carbonyl (C=O) groups is 1. The molecular formula is C13H17BrClFN2O. The summed E-state index contributed by atoms with van der Waals surface area (Å²) in [7, 11) is 0. The largest absolute Gasteiger partial charge is 0.329 e. The zero-order valence-electron chi connectivity index (χ0n) is 10.4. The van der Waals surface area contributed by atoms with Crippen LogP contribution in [0.4, 0.5) is 10.1 Å². The van der Waals surface area contributed by atoms with Crippen molar-refractivity contribution in [2.75, 3.05) is 11.9 Å². The van der Waals surface area contributed by atoms with Gasteiger partial charge in [-0.3, -0.25) is 4.79 Å². The number of nitrogens with two attached hydrogens (primary N) is 1. The van der Waals surface area contributed by atoms with E-state index in [0.29, 0.717) is 11.0 Å². The highest BCUT2D eigenvalue weighted by atomic mass is 79.9. The van der Waals surface area contributed by atoms with E-state index in [9.17, 15) is 9.18 Å². The van der Waals surface area contributed by atoms with Crippen LogP contribution in [0.15, 0.2) is 22.7 Å². The topological polar surface area (TPSA) is 55.1 Å². The summed E-state index contributed by atoms with van der Waals surface area (Å²) in [5, 5.41) is 2.66. The van der Waals surface area contributed by atoms with Crippen LogP contribution in [-0.4, -0.2) is 12.5 Å². The van der Waals surface area contributed by atoms with E-state index in [1.54, 1.807) is 12.1 Å². The van der Waals surface area contributed by atoms with Crippen molar-refractivity contribution in [1.82, 2.24) is 0 Å². The Balaban J connectivity index is 0.00000180. The highest BCUT2D eigenvalue weighted by molar-refractivity contribution is 9.10. The van der Waals surface area contributed by atoms with Crippen LogP contribution in [0.1, 0.15) is 25.7 Å². The zero-order valence-corrected chi connectivity index (χ0v) is 12.8. The molecule has 1 amide bonds. The Kier molecular flexibility index (Phi) is 5.77. The third kappa shape index (κ3) is 3.46. The monoisotopic (exact) mass is 350 g/mol. The molecule has 0 atom stereocenters. The van der Waals surface area contributed by atoms with Crippen LogP contribution in [0, 0.1) is 11.2 Å². The molecule has 0 radical (unpaired) electrons. The Morgan fingerprint density at radius 2 is 2.05 bits per heavy atom. The Morgan fingerprint density at radius 1 is 1.42 bits per heavy atom. The molecule has 1 saturated carbocycles. The molecule has 0 aromatic heterocycles. The first-order valence-electron chi connectivity index (χ1n) is 6.04. The number of rotatable bonds is 3. The van der Waals surface area contributed by atoms with Crippen LogP contribution in [0.5, 0.6) is 0 Å². The summed E-state index contributed by atoms with van der Waals surface area (Å²) in [6, 6.07) is 4.58. The molecule has 6 heteroatoms. The Morgan fingerprint density at radius 3 is 2.58 bits per heavy atom. The summed E-state index contributed by atoms with van der Waals surface area (Å²) in [5.74, 6) is -0.605. The Bertz CT molecular complexity index is 464. The van der Waals surface area contributed by atoms with Crippen molar-refractivity contribution in [3.63, 3.8) is 0 Å². The van der Waals surface area contributed by atoms with Crippen LogP contribution in [-0.2, 0) is 4.79 Å². The summed E-state index contributed by atoms with van der Waals surface area (Å²) in [6.45, 7) is 0.316. The summed E-state index contributed by atoms with van der Waals surface area (Å²) in [6.07, 6.45) is 3.59. The number of anilines is 1. The van der Waals surface area contributed by atoms with Crippen LogP contribution in [0.25, 0.3) is 0 Å². The van der Waals surface area contributed by atoms with Crippen LogP contribution < -0.4 is 11.1 Å². The maximum atomic E-state index is 13.7. The number of amides is 1. The number of hydrogen-bond acceptors (Lipinski definition) is 2. The second-order valence-electron chi connectivity index (χ2n) is 4.77. The van der Waals surface area contributed by atoms with E-state index in [2.05, 4.69) is 21.2 Å². The van der Waals surface area contributed by atoms with Gasteiger partial charge in [0.1, 0.15) is 5.82 Å². The Hall–Kier alpha value is -0.650. The van der Waals surface area contributed by atoms with Gasteiger partial charge in [-0.05, 0) is 31.0 Å². The van der Waals surface area contributed by atoms with Crippen LogP contribution in [0.2, 0.25) is 0 Å². The Labute approximate surface area is 126 Å². The molecule has 0 bridgehead atoms. The zero-order chi connectivity index (χ0) is 13.2. The van der Waals surface area contributed by atoms with Gasteiger partial charge in [-0.25, -0.2) is 4.39 Å². The van der Waals surface area contributed by atoms with Gasteiger partial charge in [0, 0.05) is 11.0 Å². The lowest BCUT2D eigenvalue weighted by atomic mass is 9.85. The minimum atomic E-state index is -0.514. The molecule has 3 nitrogen and oxygen atoms in total. The molecule has 1 fully saturated rings. The van der Waals surface area contributed by atoms with Crippen LogP contribution in [0.3, 0.4) is 0 Å². The summed E-state index contributed by atoms with van der Waals surface area (Å²) >= 11 is 3.18. The highest BCUT2D eigenvalue weighted by Crippen LogP contribution is 2.38. The van der Waals surface area contributed by atoms with Gasteiger partial charge in [0.2, 0.25) is 5.91 Å². The van der Waals surface area contributed by atoms with E-state index in [0.717, 1.165) is 25.7 Å². The lowest BCUT2D eigenvalue weighted by Crippen LogP contribution is -2.40. The molecule has 0 aliphatic heterocycles. The third-order valence-electron chi connectivity index (χ3n) is 3.61. The lowest BCUT2D eigenvalue weighted by Gasteiger charge is -2.25. The summed E-state index contributed by atoms with van der Waals surface area (Å²) in [4.78, 5) is 12.2. The number of benzene rings is 1. The van der Waals surface area contributed by atoms with Gasteiger partial charge in [-0.2, -0.15) is 0 Å². The SMILES string of the molecule is Cl.NCC1(C(=O)Nc2ccc(Br)cc2F)CCCC1. The van der Waals surface area contributed by atoms with Gasteiger partial charge in [-0.15, -0.1) is 12.4 Å². The predicted octanol–water partition coefficient (Wildman–Crippen LogP) is 3.47. The second-order valence-corrected chi connectivity index (χ2v) is 5.69. The number of nitrogens with one attached hydrogen (secondary N) is 1. The number of halogens is 3. The fourth-order valence-corrected chi connectivity index (χ4v) is 2.75. The molecule has 3 N–H and O–H groups in total. The van der Waals surface area contributed by atoms with Gasteiger partial charge in [0.05, 0.1) is 11.1 Å². The standard InChI is InChI=1S/C13H16BrFN2O.ClH/c14-9-3-4-11(10(15)7-9)17-12(18)13(8-16)5-1-2-6-13;/h3-4,7H,1-2,5-6,8,16H2,(H,17,18);1H. The van der Waals surface area contributed by atoms with E-state index in [1.165, 1.54) is 6.07 Å². The molecule has 0 saturated heterocycles. The number of hydrogen-bond donors (Lipinski definition) is 2. The quantitative estimate of drug-likeness (QED) is 0.876. The molecular weight excluding hydrogens is 335 g/mol. The van der Waals surface area contributed by atoms with Crippen molar-refractivity contribution in [2.24, 2.45) is 11.1 Å². The maximum Gasteiger partial charge on any atom is 0.231 e. The van der Waals surface area contributed by atoms with Crippen LogP contribution >= 0.6 is 28.3 Å². The first-order chi connectivity index (χ1) is 8.57. The lowest BCUT2D eigenvalue weighted by molar-refractivity contribution is -0.124. The molecule has 0 unspecified atom stereocenters. The van der Waals surface area contributed by atoms with Crippen molar-refractivity contribution >= 4 is 39.9 Å².